The molecule has 3 amide bonds. The molecule has 1 aliphatic rings. The molecule has 1 aliphatic carbocycles. The predicted molar refractivity (Wildman–Crippen MR) is 104 cm³/mol. The summed E-state index contributed by atoms with van der Waals surface area (Å²) in [7, 11) is 0. The maximum absolute atomic E-state index is 12.5. The second-order valence-corrected chi connectivity index (χ2v) is 6.83. The Morgan fingerprint density at radius 2 is 1.68 bits per heavy atom. The molecule has 1 atom stereocenters. The number of carbonyl (C=O) groups excluding carboxylic acids is 4. The maximum Gasteiger partial charge on any atom is 0.243 e. The fourth-order valence-corrected chi connectivity index (χ4v) is 2.63. The van der Waals surface area contributed by atoms with Crippen molar-refractivity contribution in [3.8, 4) is 0 Å². The van der Waals surface area contributed by atoms with E-state index >= 15 is 0 Å². The van der Waals surface area contributed by atoms with Crippen molar-refractivity contribution >= 4 is 23.5 Å². The number of likely N-dealkylation sites (N-methyl/N-ethyl adjacent to an activating group) is 1. The van der Waals surface area contributed by atoms with E-state index in [1.54, 1.807) is 0 Å². The van der Waals surface area contributed by atoms with E-state index in [1.165, 1.54) is 0 Å². The van der Waals surface area contributed by atoms with E-state index in [1.807, 2.05) is 37.3 Å². The average Bonchev–Trinajstić information content (AvgIpc) is 3.54. The van der Waals surface area contributed by atoms with Gasteiger partial charge in [-0.2, -0.15) is 0 Å². The Morgan fingerprint density at radius 1 is 0.964 bits per heavy atom. The van der Waals surface area contributed by atoms with E-state index in [0.29, 0.717) is 13.0 Å². The molecule has 152 valence electrons. The zero-order chi connectivity index (χ0) is 20.4. The fourth-order valence-electron chi connectivity index (χ4n) is 2.63. The highest BCUT2D eigenvalue weighted by Crippen LogP contribution is 2.29. The predicted octanol–water partition coefficient (Wildman–Crippen LogP) is -0.465. The molecule has 2 rings (SSSR count). The highest BCUT2D eigenvalue weighted by atomic mass is 16.2. The second kappa shape index (κ2) is 11.2. The van der Waals surface area contributed by atoms with Crippen molar-refractivity contribution in [3.63, 3.8) is 0 Å². The number of benzene rings is 1. The number of ketones is 1. The third kappa shape index (κ3) is 7.87. The quantitative estimate of drug-likeness (QED) is 0.386. The molecular formula is C20H28N4O4. The number of hydrogen-bond acceptors (Lipinski definition) is 5. The third-order valence-electron chi connectivity index (χ3n) is 4.39. The lowest BCUT2D eigenvalue weighted by atomic mass is 10.0. The van der Waals surface area contributed by atoms with Crippen molar-refractivity contribution in [2.75, 3.05) is 26.2 Å². The number of nitrogens with one attached hydrogen (secondary N) is 4. The van der Waals surface area contributed by atoms with Crippen LogP contribution < -0.4 is 21.3 Å². The molecule has 1 aromatic rings. The van der Waals surface area contributed by atoms with Crippen molar-refractivity contribution in [2.24, 2.45) is 5.92 Å². The summed E-state index contributed by atoms with van der Waals surface area (Å²) < 4.78 is 0. The van der Waals surface area contributed by atoms with Crippen LogP contribution >= 0.6 is 0 Å². The number of Topliss-reactive ketones (excluding diaryl/α,β-unsaturated/α-hetero) is 1. The first-order valence-electron chi connectivity index (χ1n) is 9.60. The summed E-state index contributed by atoms with van der Waals surface area (Å²) >= 11 is 0. The fraction of sp³-hybridized carbons (Fsp3) is 0.500. The van der Waals surface area contributed by atoms with Crippen LogP contribution in [0, 0.1) is 5.92 Å². The highest BCUT2D eigenvalue weighted by Gasteiger charge is 2.30. The SMILES string of the molecule is CCNCC(=O)NCC(=O)N[C@@H](Cc1ccccc1)C(=O)NCC(=O)C1CC1. The van der Waals surface area contributed by atoms with Crippen molar-refractivity contribution in [1.29, 1.82) is 0 Å². The third-order valence-corrected chi connectivity index (χ3v) is 4.39. The average molecular weight is 388 g/mol. The monoisotopic (exact) mass is 388 g/mol. The van der Waals surface area contributed by atoms with E-state index in [9.17, 15) is 19.2 Å². The number of rotatable bonds is 12. The van der Waals surface area contributed by atoms with Crippen LogP contribution in [0.25, 0.3) is 0 Å². The van der Waals surface area contributed by atoms with Crippen molar-refractivity contribution in [2.45, 2.75) is 32.2 Å². The Hall–Kier alpha value is -2.74. The lowest BCUT2D eigenvalue weighted by Gasteiger charge is -2.19. The molecule has 0 radical (unpaired) electrons. The topological polar surface area (TPSA) is 116 Å². The molecule has 28 heavy (non-hydrogen) atoms. The molecule has 0 aliphatic heterocycles. The van der Waals surface area contributed by atoms with Crippen molar-refractivity contribution < 1.29 is 19.2 Å². The van der Waals surface area contributed by atoms with Gasteiger partial charge in [-0.25, -0.2) is 0 Å². The minimum atomic E-state index is -0.826. The van der Waals surface area contributed by atoms with Gasteiger partial charge in [-0.3, -0.25) is 19.2 Å². The molecule has 1 aromatic carbocycles. The number of hydrogen-bond donors (Lipinski definition) is 4. The summed E-state index contributed by atoms with van der Waals surface area (Å²) in [6.07, 6.45) is 2.05. The Morgan fingerprint density at radius 3 is 2.32 bits per heavy atom. The van der Waals surface area contributed by atoms with Crippen LogP contribution in [-0.2, 0) is 25.6 Å². The summed E-state index contributed by atoms with van der Waals surface area (Å²) in [5.41, 5.74) is 0.882. The summed E-state index contributed by atoms with van der Waals surface area (Å²) in [5.74, 6) is -1.08. The molecular weight excluding hydrogens is 360 g/mol. The normalized spacial score (nSPS) is 14.0. The van der Waals surface area contributed by atoms with Crippen LogP contribution in [0.1, 0.15) is 25.3 Å². The lowest BCUT2D eigenvalue weighted by molar-refractivity contribution is -0.130. The molecule has 0 saturated heterocycles. The van der Waals surface area contributed by atoms with Crippen LogP contribution in [0.4, 0.5) is 0 Å². The minimum absolute atomic E-state index is 0.0221. The van der Waals surface area contributed by atoms with Gasteiger partial charge in [0.2, 0.25) is 17.7 Å². The minimum Gasteiger partial charge on any atom is -0.347 e. The van der Waals surface area contributed by atoms with Gasteiger partial charge in [0.05, 0.1) is 19.6 Å². The van der Waals surface area contributed by atoms with Gasteiger partial charge in [0.25, 0.3) is 0 Å². The Labute approximate surface area is 164 Å². The molecule has 8 heteroatoms. The summed E-state index contributed by atoms with van der Waals surface area (Å²) in [4.78, 5) is 48.1. The second-order valence-electron chi connectivity index (χ2n) is 6.83. The zero-order valence-corrected chi connectivity index (χ0v) is 16.1. The molecule has 0 aromatic heterocycles. The van der Waals surface area contributed by atoms with Gasteiger partial charge in [0, 0.05) is 12.3 Å². The van der Waals surface area contributed by atoms with Crippen LogP contribution in [0.2, 0.25) is 0 Å². The molecule has 8 nitrogen and oxygen atoms in total. The smallest absolute Gasteiger partial charge is 0.243 e. The molecule has 1 saturated carbocycles. The van der Waals surface area contributed by atoms with Crippen LogP contribution in [0.5, 0.6) is 0 Å². The number of carbonyl (C=O) groups is 4. The molecule has 0 spiro atoms. The molecule has 0 bridgehead atoms. The highest BCUT2D eigenvalue weighted by molar-refractivity contribution is 5.93. The largest absolute Gasteiger partial charge is 0.347 e. The van der Waals surface area contributed by atoms with Gasteiger partial charge in [0.15, 0.2) is 5.78 Å². The molecule has 1 fully saturated rings. The standard InChI is InChI=1S/C20H28N4O4/c1-2-21-12-18(26)22-13-19(27)24-16(10-14-6-4-3-5-7-14)20(28)23-11-17(25)15-8-9-15/h3-7,15-16,21H,2,8-13H2,1H3,(H,22,26)(H,23,28)(H,24,27)/t16-/m0/s1. The van der Waals surface area contributed by atoms with Gasteiger partial charge in [-0.05, 0) is 24.9 Å². The first-order valence-corrected chi connectivity index (χ1v) is 9.60. The summed E-state index contributed by atoms with van der Waals surface area (Å²) in [6.45, 7) is 2.41. The van der Waals surface area contributed by atoms with Gasteiger partial charge in [-0.15, -0.1) is 0 Å². The molecule has 0 unspecified atom stereocenters. The van der Waals surface area contributed by atoms with Crippen molar-refractivity contribution in [1.82, 2.24) is 21.3 Å². The summed E-state index contributed by atoms with van der Waals surface area (Å²) in [6, 6.07) is 8.46. The van der Waals surface area contributed by atoms with Crippen LogP contribution in [0.3, 0.4) is 0 Å². The van der Waals surface area contributed by atoms with Gasteiger partial charge >= 0.3 is 0 Å². The Bertz CT molecular complexity index is 689. The van der Waals surface area contributed by atoms with Crippen LogP contribution in [0.15, 0.2) is 30.3 Å². The zero-order valence-electron chi connectivity index (χ0n) is 16.1. The van der Waals surface area contributed by atoms with E-state index in [-0.39, 0.29) is 37.2 Å². The van der Waals surface area contributed by atoms with Crippen LogP contribution in [-0.4, -0.2) is 55.7 Å². The van der Waals surface area contributed by atoms with Gasteiger partial charge in [-0.1, -0.05) is 37.3 Å². The molecule has 4 N–H and O–H groups in total. The Balaban J connectivity index is 1.88. The van der Waals surface area contributed by atoms with Gasteiger partial charge < -0.3 is 21.3 Å². The maximum atomic E-state index is 12.5. The van der Waals surface area contributed by atoms with E-state index in [2.05, 4.69) is 21.3 Å². The van der Waals surface area contributed by atoms with Crippen molar-refractivity contribution in [3.05, 3.63) is 35.9 Å². The number of amides is 3. The molecule has 0 heterocycles. The lowest BCUT2D eigenvalue weighted by Crippen LogP contribution is -2.51. The van der Waals surface area contributed by atoms with E-state index < -0.39 is 17.9 Å². The first-order chi connectivity index (χ1) is 13.5. The van der Waals surface area contributed by atoms with Gasteiger partial charge in [0.1, 0.15) is 6.04 Å². The Kier molecular flexibility index (Phi) is 8.61. The van der Waals surface area contributed by atoms with E-state index in [0.717, 1.165) is 18.4 Å². The first kappa shape index (κ1) is 21.6. The summed E-state index contributed by atoms with van der Waals surface area (Å²) in [5, 5.41) is 10.6. The van der Waals surface area contributed by atoms with E-state index in [4.69, 9.17) is 0 Å².